The van der Waals surface area contributed by atoms with E-state index >= 15 is 0 Å². The van der Waals surface area contributed by atoms with E-state index in [0.29, 0.717) is 16.6 Å². The molecule has 0 spiro atoms. The van der Waals surface area contributed by atoms with Gasteiger partial charge >= 0.3 is 0 Å². The minimum atomic E-state index is -0.0457. The first-order chi connectivity index (χ1) is 13.4. The number of methoxy groups -OCH3 is 1. The lowest BCUT2D eigenvalue weighted by Crippen LogP contribution is -2.45. The Bertz CT molecular complexity index is 844. The zero-order valence-corrected chi connectivity index (χ0v) is 17.8. The third kappa shape index (κ3) is 4.50. The topological polar surface area (TPSA) is 41.6 Å². The summed E-state index contributed by atoms with van der Waals surface area (Å²) in [5.74, 6) is 0.895. The van der Waals surface area contributed by atoms with Gasteiger partial charge in [-0.3, -0.25) is 9.69 Å². The highest BCUT2D eigenvalue weighted by atomic mass is 35.5. The maximum atomic E-state index is 12.4. The highest BCUT2D eigenvalue weighted by Crippen LogP contribution is 2.31. The van der Waals surface area contributed by atoms with Crippen molar-refractivity contribution in [2.24, 2.45) is 0 Å². The van der Waals surface area contributed by atoms with Crippen molar-refractivity contribution < 1.29 is 9.53 Å². The van der Waals surface area contributed by atoms with Gasteiger partial charge in [-0.05, 0) is 74.6 Å². The zero-order chi connectivity index (χ0) is 20.3. The molecule has 4 nitrogen and oxygen atoms in total. The maximum Gasteiger partial charge on any atom is 0.251 e. The first-order valence-corrected chi connectivity index (χ1v) is 10.2. The predicted octanol–water partition coefficient (Wildman–Crippen LogP) is 4.92. The Hall–Kier alpha value is -2.04. The molecule has 0 aromatic heterocycles. The van der Waals surface area contributed by atoms with Gasteiger partial charge in [-0.25, -0.2) is 0 Å². The van der Waals surface area contributed by atoms with Gasteiger partial charge in [0.2, 0.25) is 0 Å². The molecule has 1 amide bonds. The van der Waals surface area contributed by atoms with Gasteiger partial charge in [-0.15, -0.1) is 0 Å². The largest absolute Gasteiger partial charge is 0.496 e. The van der Waals surface area contributed by atoms with Gasteiger partial charge in [-0.2, -0.15) is 0 Å². The molecule has 1 aliphatic rings. The number of piperidine rings is 1. The fraction of sp³-hybridized carbons (Fsp3) is 0.435. The van der Waals surface area contributed by atoms with Crippen molar-refractivity contribution in [1.82, 2.24) is 10.2 Å². The van der Waals surface area contributed by atoms with Gasteiger partial charge in [0.15, 0.2) is 0 Å². The number of likely N-dealkylation sites (tertiary alicyclic amines) is 1. The van der Waals surface area contributed by atoms with Crippen LogP contribution in [0.15, 0.2) is 36.4 Å². The molecule has 1 fully saturated rings. The van der Waals surface area contributed by atoms with Crippen LogP contribution in [0.4, 0.5) is 0 Å². The number of rotatable bonds is 5. The molecule has 1 heterocycles. The van der Waals surface area contributed by atoms with Crippen molar-refractivity contribution in [3.63, 3.8) is 0 Å². The molecule has 1 N–H and O–H groups in total. The molecule has 5 heteroatoms. The van der Waals surface area contributed by atoms with E-state index in [0.717, 1.165) is 31.7 Å². The van der Waals surface area contributed by atoms with E-state index in [1.807, 2.05) is 0 Å². The molecule has 0 bridgehead atoms. The van der Waals surface area contributed by atoms with Gasteiger partial charge in [0.05, 0.1) is 7.11 Å². The molecule has 1 unspecified atom stereocenters. The van der Waals surface area contributed by atoms with E-state index in [2.05, 4.69) is 43.1 Å². The number of nitrogens with zero attached hydrogens (tertiary/aromatic N) is 1. The first-order valence-electron chi connectivity index (χ1n) is 9.85. The molecular formula is C23H29ClN2O2. The maximum absolute atomic E-state index is 12.4. The normalized spacial score (nSPS) is 16.6. The molecule has 1 aliphatic heterocycles. The number of halogens is 1. The summed E-state index contributed by atoms with van der Waals surface area (Å²) in [7, 11) is 1.72. The van der Waals surface area contributed by atoms with Crippen LogP contribution in [0.2, 0.25) is 5.02 Å². The van der Waals surface area contributed by atoms with Crippen molar-refractivity contribution in [3.05, 3.63) is 63.7 Å². The van der Waals surface area contributed by atoms with Crippen LogP contribution in [-0.2, 0) is 0 Å². The van der Waals surface area contributed by atoms with Gasteiger partial charge in [0.1, 0.15) is 5.75 Å². The minimum Gasteiger partial charge on any atom is -0.496 e. The number of amides is 1. The molecule has 0 saturated carbocycles. The average molecular weight is 401 g/mol. The summed E-state index contributed by atoms with van der Waals surface area (Å²) in [4.78, 5) is 14.9. The van der Waals surface area contributed by atoms with Crippen LogP contribution in [0.3, 0.4) is 0 Å². The Balaban J connectivity index is 1.59. The van der Waals surface area contributed by atoms with Gasteiger partial charge < -0.3 is 10.1 Å². The SMILES string of the molecule is COc1ccc(C(C)N2CCC(NC(=O)c3cccc(Cl)c3)CC2)c(C)c1C. The molecule has 150 valence electrons. The number of ether oxygens (including phenoxy) is 1. The van der Waals surface area contributed by atoms with E-state index in [1.165, 1.54) is 16.7 Å². The molecular weight excluding hydrogens is 372 g/mol. The van der Waals surface area contributed by atoms with Crippen molar-refractivity contribution in [3.8, 4) is 5.75 Å². The highest BCUT2D eigenvalue weighted by Gasteiger charge is 2.26. The highest BCUT2D eigenvalue weighted by molar-refractivity contribution is 6.30. The molecule has 0 aliphatic carbocycles. The molecule has 1 saturated heterocycles. The second kappa shape index (κ2) is 8.97. The van der Waals surface area contributed by atoms with Crippen LogP contribution in [0.1, 0.15) is 52.9 Å². The molecule has 2 aromatic carbocycles. The van der Waals surface area contributed by atoms with E-state index in [-0.39, 0.29) is 11.9 Å². The van der Waals surface area contributed by atoms with Gasteiger partial charge in [0.25, 0.3) is 5.91 Å². The molecule has 3 rings (SSSR count). The minimum absolute atomic E-state index is 0.0457. The van der Waals surface area contributed by atoms with Crippen LogP contribution in [0, 0.1) is 13.8 Å². The Morgan fingerprint density at radius 2 is 1.89 bits per heavy atom. The Morgan fingerprint density at radius 3 is 2.54 bits per heavy atom. The standard InChI is InChI=1S/C23H29ClN2O2/c1-15-16(2)22(28-4)9-8-21(15)17(3)26-12-10-20(11-13-26)25-23(27)18-6-5-7-19(24)14-18/h5-9,14,17,20H,10-13H2,1-4H3,(H,25,27). The van der Waals surface area contributed by atoms with Crippen LogP contribution >= 0.6 is 11.6 Å². The monoisotopic (exact) mass is 400 g/mol. The Morgan fingerprint density at radius 1 is 1.18 bits per heavy atom. The van der Waals surface area contributed by atoms with Crippen LogP contribution in [0.25, 0.3) is 0 Å². The van der Waals surface area contributed by atoms with E-state index in [9.17, 15) is 4.79 Å². The lowest BCUT2D eigenvalue weighted by molar-refractivity contribution is 0.0896. The summed E-state index contributed by atoms with van der Waals surface area (Å²) >= 11 is 5.99. The summed E-state index contributed by atoms with van der Waals surface area (Å²) in [6.45, 7) is 8.47. The summed E-state index contributed by atoms with van der Waals surface area (Å²) in [5, 5.41) is 3.74. The summed E-state index contributed by atoms with van der Waals surface area (Å²) in [5.41, 5.74) is 4.46. The lowest BCUT2D eigenvalue weighted by atomic mass is 9.94. The Labute approximate surface area is 172 Å². The lowest BCUT2D eigenvalue weighted by Gasteiger charge is -2.37. The number of carbonyl (C=O) groups is 1. The van der Waals surface area contributed by atoms with Crippen LogP contribution < -0.4 is 10.1 Å². The van der Waals surface area contributed by atoms with Crippen LogP contribution in [0.5, 0.6) is 5.75 Å². The van der Waals surface area contributed by atoms with Crippen LogP contribution in [-0.4, -0.2) is 37.0 Å². The van der Waals surface area contributed by atoms with Gasteiger partial charge in [0, 0.05) is 35.8 Å². The number of benzene rings is 2. The van der Waals surface area contributed by atoms with E-state index < -0.39 is 0 Å². The van der Waals surface area contributed by atoms with Crippen molar-refractivity contribution in [2.45, 2.75) is 45.7 Å². The van der Waals surface area contributed by atoms with E-state index in [4.69, 9.17) is 16.3 Å². The molecule has 28 heavy (non-hydrogen) atoms. The fourth-order valence-corrected chi connectivity index (χ4v) is 4.21. The van der Waals surface area contributed by atoms with Crippen molar-refractivity contribution >= 4 is 17.5 Å². The summed E-state index contributed by atoms with van der Waals surface area (Å²) in [6, 6.07) is 11.9. The second-order valence-corrected chi connectivity index (χ2v) is 8.01. The van der Waals surface area contributed by atoms with E-state index in [1.54, 1.807) is 31.4 Å². The smallest absolute Gasteiger partial charge is 0.251 e. The predicted molar refractivity (Wildman–Crippen MR) is 114 cm³/mol. The van der Waals surface area contributed by atoms with Gasteiger partial charge in [-0.1, -0.05) is 23.7 Å². The Kier molecular flexibility index (Phi) is 6.63. The number of nitrogens with one attached hydrogen (secondary N) is 1. The molecule has 1 atom stereocenters. The second-order valence-electron chi connectivity index (χ2n) is 7.58. The first kappa shape index (κ1) is 20.7. The zero-order valence-electron chi connectivity index (χ0n) is 17.1. The third-order valence-electron chi connectivity index (χ3n) is 5.95. The van der Waals surface area contributed by atoms with Crippen molar-refractivity contribution in [1.29, 1.82) is 0 Å². The number of carbonyl (C=O) groups excluding carboxylic acids is 1. The third-order valence-corrected chi connectivity index (χ3v) is 6.18. The molecule has 0 radical (unpaired) electrons. The fourth-order valence-electron chi connectivity index (χ4n) is 4.02. The molecule has 2 aromatic rings. The van der Waals surface area contributed by atoms with Crippen molar-refractivity contribution in [2.75, 3.05) is 20.2 Å². The summed E-state index contributed by atoms with van der Waals surface area (Å²) in [6.07, 6.45) is 1.90. The summed E-state index contributed by atoms with van der Waals surface area (Å²) < 4.78 is 5.44. The number of hydrogen-bond acceptors (Lipinski definition) is 3. The number of hydrogen-bond donors (Lipinski definition) is 1. The quantitative estimate of drug-likeness (QED) is 0.774. The average Bonchev–Trinajstić information content (AvgIpc) is 2.70.